The minimum absolute atomic E-state index is 0.0667. The zero-order valence-corrected chi connectivity index (χ0v) is 12.1. The van der Waals surface area contributed by atoms with Crippen LogP contribution in [0.1, 0.15) is 52.9 Å². The van der Waals surface area contributed by atoms with Gasteiger partial charge in [-0.15, -0.1) is 0 Å². The normalized spacial score (nSPS) is 12.6. The molecule has 0 aromatic rings. The fourth-order valence-corrected chi connectivity index (χ4v) is 1.51. The summed E-state index contributed by atoms with van der Waals surface area (Å²) in [6.45, 7) is 5.07. The monoisotopic (exact) mass is 289 g/mol. The Kier molecular flexibility index (Phi) is 7.64. The van der Waals surface area contributed by atoms with Gasteiger partial charge in [-0.25, -0.2) is 9.59 Å². The highest BCUT2D eigenvalue weighted by Gasteiger charge is 2.23. The second-order valence-corrected chi connectivity index (χ2v) is 5.53. The minimum atomic E-state index is -1.13. The van der Waals surface area contributed by atoms with Crippen LogP contribution in [0.2, 0.25) is 0 Å². The van der Waals surface area contributed by atoms with Gasteiger partial charge in [-0.1, -0.05) is 12.8 Å². The first-order valence-electron chi connectivity index (χ1n) is 6.56. The number of carboxylic acid groups (broad SMARTS) is 2. The molecule has 0 aliphatic rings. The van der Waals surface area contributed by atoms with Crippen molar-refractivity contribution in [1.29, 1.82) is 0 Å². The Morgan fingerprint density at radius 3 is 2.15 bits per heavy atom. The molecule has 3 N–H and O–H groups in total. The van der Waals surface area contributed by atoms with Gasteiger partial charge < -0.3 is 20.3 Å². The van der Waals surface area contributed by atoms with Gasteiger partial charge in [-0.3, -0.25) is 4.79 Å². The molecule has 0 saturated carbocycles. The summed E-state index contributed by atoms with van der Waals surface area (Å²) in [7, 11) is 0. The van der Waals surface area contributed by atoms with Gasteiger partial charge in [0.15, 0.2) is 0 Å². The van der Waals surface area contributed by atoms with E-state index in [2.05, 4.69) is 5.32 Å². The number of alkyl carbamates (subject to hydrolysis) is 1. The van der Waals surface area contributed by atoms with Gasteiger partial charge in [0, 0.05) is 6.42 Å². The number of ether oxygens (including phenoxy) is 1. The van der Waals surface area contributed by atoms with E-state index in [9.17, 15) is 14.4 Å². The number of aliphatic carboxylic acids is 2. The number of hydrogen-bond acceptors (Lipinski definition) is 4. The molecule has 0 heterocycles. The molecule has 0 aliphatic carbocycles. The molecule has 0 bridgehead atoms. The zero-order chi connectivity index (χ0) is 15.8. The van der Waals surface area contributed by atoms with E-state index in [4.69, 9.17) is 14.9 Å². The molecule has 0 aromatic heterocycles. The highest BCUT2D eigenvalue weighted by molar-refractivity contribution is 5.79. The van der Waals surface area contributed by atoms with Gasteiger partial charge in [0.25, 0.3) is 0 Å². The van der Waals surface area contributed by atoms with Crippen molar-refractivity contribution in [2.24, 2.45) is 0 Å². The molecule has 0 aliphatic heterocycles. The van der Waals surface area contributed by atoms with Crippen molar-refractivity contribution in [2.45, 2.75) is 64.5 Å². The molecular weight excluding hydrogens is 266 g/mol. The highest BCUT2D eigenvalue weighted by Crippen LogP contribution is 2.09. The molecule has 1 amide bonds. The standard InChI is InChI=1S/C13H23NO6/c1-13(2,3)20-12(19)14-9(11(17)18)7-5-4-6-8-10(15)16/h9H,4-8H2,1-3H3,(H,14,19)(H,15,16)(H,17,18)/t9-/m1/s1. The lowest BCUT2D eigenvalue weighted by atomic mass is 10.1. The van der Waals surface area contributed by atoms with E-state index < -0.39 is 29.7 Å². The Labute approximate surface area is 118 Å². The third kappa shape index (κ3) is 10.2. The molecule has 0 aromatic carbocycles. The van der Waals surface area contributed by atoms with Crippen molar-refractivity contribution in [3.63, 3.8) is 0 Å². The third-order valence-electron chi connectivity index (χ3n) is 2.37. The maximum absolute atomic E-state index is 11.5. The number of unbranched alkanes of at least 4 members (excludes halogenated alkanes) is 2. The fourth-order valence-electron chi connectivity index (χ4n) is 1.51. The molecule has 0 radical (unpaired) electrons. The molecule has 1 atom stereocenters. The lowest BCUT2D eigenvalue weighted by Crippen LogP contribution is -2.43. The SMILES string of the molecule is CC(C)(C)OC(=O)N[C@H](CCCCCC(=O)O)C(=O)O. The van der Waals surface area contributed by atoms with Gasteiger partial charge >= 0.3 is 18.0 Å². The smallest absolute Gasteiger partial charge is 0.408 e. The minimum Gasteiger partial charge on any atom is -0.481 e. The average molecular weight is 289 g/mol. The van der Waals surface area contributed by atoms with Crippen molar-refractivity contribution >= 4 is 18.0 Å². The van der Waals surface area contributed by atoms with Crippen LogP contribution in [0.25, 0.3) is 0 Å². The summed E-state index contributed by atoms with van der Waals surface area (Å²) in [6, 6.07) is -1.02. The lowest BCUT2D eigenvalue weighted by Gasteiger charge is -2.22. The number of carbonyl (C=O) groups is 3. The van der Waals surface area contributed by atoms with E-state index in [0.717, 1.165) is 0 Å². The van der Waals surface area contributed by atoms with E-state index in [1.54, 1.807) is 20.8 Å². The summed E-state index contributed by atoms with van der Waals surface area (Å²) >= 11 is 0. The van der Waals surface area contributed by atoms with Crippen molar-refractivity contribution in [2.75, 3.05) is 0 Å². The molecule has 0 rings (SSSR count). The molecule has 0 unspecified atom stereocenters. The maximum Gasteiger partial charge on any atom is 0.408 e. The summed E-state index contributed by atoms with van der Waals surface area (Å²) in [4.78, 5) is 32.8. The summed E-state index contributed by atoms with van der Waals surface area (Å²) < 4.78 is 4.99. The van der Waals surface area contributed by atoms with Gasteiger partial charge in [-0.2, -0.15) is 0 Å². The first kappa shape index (κ1) is 18.2. The maximum atomic E-state index is 11.5. The van der Waals surface area contributed by atoms with E-state index in [1.807, 2.05) is 0 Å². The quantitative estimate of drug-likeness (QED) is 0.589. The Hall–Kier alpha value is -1.79. The second-order valence-electron chi connectivity index (χ2n) is 5.53. The highest BCUT2D eigenvalue weighted by atomic mass is 16.6. The Morgan fingerprint density at radius 1 is 1.10 bits per heavy atom. The summed E-state index contributed by atoms with van der Waals surface area (Å²) in [6.07, 6.45) is 1.17. The molecule has 0 spiro atoms. The third-order valence-corrected chi connectivity index (χ3v) is 2.37. The molecule has 0 saturated heterocycles. The van der Waals surface area contributed by atoms with Crippen LogP contribution < -0.4 is 5.32 Å². The summed E-state index contributed by atoms with van der Waals surface area (Å²) in [5.74, 6) is -2.00. The van der Waals surface area contributed by atoms with Crippen molar-refractivity contribution in [1.82, 2.24) is 5.32 Å². The van der Waals surface area contributed by atoms with Crippen LogP contribution in [0.15, 0.2) is 0 Å². The van der Waals surface area contributed by atoms with Crippen LogP contribution in [-0.4, -0.2) is 39.9 Å². The topological polar surface area (TPSA) is 113 Å². The number of nitrogens with one attached hydrogen (secondary N) is 1. The predicted molar refractivity (Wildman–Crippen MR) is 71.5 cm³/mol. The number of rotatable bonds is 8. The molecule has 20 heavy (non-hydrogen) atoms. The van der Waals surface area contributed by atoms with Crippen molar-refractivity contribution in [3.05, 3.63) is 0 Å². The van der Waals surface area contributed by atoms with Crippen LogP contribution in [0.5, 0.6) is 0 Å². The average Bonchev–Trinajstić information content (AvgIpc) is 2.23. The lowest BCUT2D eigenvalue weighted by molar-refractivity contribution is -0.140. The van der Waals surface area contributed by atoms with Crippen LogP contribution in [-0.2, 0) is 14.3 Å². The van der Waals surface area contributed by atoms with Crippen molar-refractivity contribution < 1.29 is 29.3 Å². The van der Waals surface area contributed by atoms with E-state index in [1.165, 1.54) is 0 Å². The summed E-state index contributed by atoms with van der Waals surface area (Å²) in [5, 5.41) is 19.8. The van der Waals surface area contributed by atoms with Gasteiger partial charge in [0.05, 0.1) is 0 Å². The predicted octanol–water partition coefficient (Wildman–Crippen LogP) is 2.00. The molecule has 7 heteroatoms. The summed E-state index contributed by atoms with van der Waals surface area (Å²) in [5.41, 5.74) is -0.686. The number of hydrogen-bond donors (Lipinski definition) is 3. The molecule has 7 nitrogen and oxygen atoms in total. The molecule has 116 valence electrons. The zero-order valence-electron chi connectivity index (χ0n) is 12.1. The fraction of sp³-hybridized carbons (Fsp3) is 0.769. The Bertz CT molecular complexity index is 347. The van der Waals surface area contributed by atoms with Crippen LogP contribution in [0, 0.1) is 0 Å². The van der Waals surface area contributed by atoms with E-state index in [-0.39, 0.29) is 12.8 Å². The van der Waals surface area contributed by atoms with Crippen LogP contribution in [0.3, 0.4) is 0 Å². The van der Waals surface area contributed by atoms with Crippen LogP contribution >= 0.6 is 0 Å². The number of carbonyl (C=O) groups excluding carboxylic acids is 1. The van der Waals surface area contributed by atoms with Crippen LogP contribution in [0.4, 0.5) is 4.79 Å². The van der Waals surface area contributed by atoms with Gasteiger partial charge in [0.2, 0.25) is 0 Å². The van der Waals surface area contributed by atoms with E-state index >= 15 is 0 Å². The largest absolute Gasteiger partial charge is 0.481 e. The first-order chi connectivity index (χ1) is 9.11. The first-order valence-corrected chi connectivity index (χ1v) is 6.56. The number of carboxylic acids is 2. The molecule has 0 fully saturated rings. The van der Waals surface area contributed by atoms with E-state index in [0.29, 0.717) is 19.3 Å². The Morgan fingerprint density at radius 2 is 1.70 bits per heavy atom. The molecular formula is C13H23NO6. The Balaban J connectivity index is 4.08. The number of amides is 1. The van der Waals surface area contributed by atoms with Gasteiger partial charge in [0.1, 0.15) is 11.6 Å². The van der Waals surface area contributed by atoms with Gasteiger partial charge in [-0.05, 0) is 33.6 Å². The van der Waals surface area contributed by atoms with Crippen molar-refractivity contribution in [3.8, 4) is 0 Å². The second kappa shape index (κ2) is 8.39.